The van der Waals surface area contributed by atoms with Crippen LogP contribution in [0.1, 0.15) is 31.0 Å². The van der Waals surface area contributed by atoms with Gasteiger partial charge in [0.05, 0.1) is 24.8 Å². The van der Waals surface area contributed by atoms with Gasteiger partial charge in [-0.05, 0) is 55.8 Å². The summed E-state index contributed by atoms with van der Waals surface area (Å²) >= 11 is 0. The largest absolute Gasteiger partial charge is 0.507 e. The molecular formula is C21H21NO6. The van der Waals surface area contributed by atoms with Gasteiger partial charge in [-0.1, -0.05) is 6.07 Å². The summed E-state index contributed by atoms with van der Waals surface area (Å²) in [5.41, 5.74) is 0.840. The van der Waals surface area contributed by atoms with Crippen LogP contribution in [0.2, 0.25) is 0 Å². The summed E-state index contributed by atoms with van der Waals surface area (Å²) in [5.74, 6) is -1.09. The third kappa shape index (κ3) is 3.64. The number of aliphatic hydroxyl groups excluding tert-OH is 1. The average Bonchev–Trinajstić information content (AvgIpc) is 2.99. The molecule has 1 fully saturated rings. The maximum atomic E-state index is 12.4. The van der Waals surface area contributed by atoms with Crippen LogP contribution >= 0.6 is 0 Å². The minimum atomic E-state index is -0.855. The van der Waals surface area contributed by atoms with E-state index in [-0.39, 0.29) is 22.8 Å². The van der Waals surface area contributed by atoms with E-state index in [2.05, 4.69) is 5.32 Å². The van der Waals surface area contributed by atoms with Crippen LogP contribution in [-0.2, 0) is 9.59 Å². The van der Waals surface area contributed by atoms with E-state index in [9.17, 15) is 19.8 Å². The summed E-state index contributed by atoms with van der Waals surface area (Å²) in [6, 6.07) is 10.2. The first-order valence-electron chi connectivity index (χ1n) is 8.93. The Hall–Kier alpha value is -3.48. The van der Waals surface area contributed by atoms with E-state index in [1.165, 1.54) is 12.1 Å². The van der Waals surface area contributed by atoms with Crippen molar-refractivity contribution in [1.82, 2.24) is 5.32 Å². The number of Topliss-reactive ketones (excluding diaryl/α,β-unsaturated/α-hetero) is 1. The quantitative estimate of drug-likeness (QED) is 0.402. The molecule has 1 aliphatic rings. The summed E-state index contributed by atoms with van der Waals surface area (Å²) in [7, 11) is 0. The van der Waals surface area contributed by atoms with Gasteiger partial charge >= 0.3 is 0 Å². The van der Waals surface area contributed by atoms with E-state index in [4.69, 9.17) is 9.47 Å². The minimum absolute atomic E-state index is 0.0532. The van der Waals surface area contributed by atoms with Crippen molar-refractivity contribution in [3.8, 4) is 17.2 Å². The molecule has 0 radical (unpaired) electrons. The van der Waals surface area contributed by atoms with Crippen LogP contribution in [0.5, 0.6) is 17.2 Å². The van der Waals surface area contributed by atoms with E-state index in [1.54, 1.807) is 37.3 Å². The molecule has 7 heteroatoms. The number of carbonyl (C=O) groups is 2. The van der Waals surface area contributed by atoms with Gasteiger partial charge in [-0.25, -0.2) is 0 Å². The maximum absolute atomic E-state index is 12.4. The highest BCUT2D eigenvalue weighted by atomic mass is 16.5. The van der Waals surface area contributed by atoms with Crippen molar-refractivity contribution in [3.63, 3.8) is 0 Å². The monoisotopic (exact) mass is 383 g/mol. The van der Waals surface area contributed by atoms with Crippen LogP contribution in [0.3, 0.4) is 0 Å². The Bertz CT molecular complexity index is 932. The van der Waals surface area contributed by atoms with Crippen LogP contribution in [0.15, 0.2) is 48.0 Å². The van der Waals surface area contributed by atoms with Crippen molar-refractivity contribution in [2.45, 2.75) is 19.9 Å². The zero-order chi connectivity index (χ0) is 20.3. The lowest BCUT2D eigenvalue weighted by atomic mass is 9.95. The second-order valence-corrected chi connectivity index (χ2v) is 6.12. The number of aliphatic hydroxyl groups is 1. The molecule has 1 heterocycles. The molecule has 146 valence electrons. The summed E-state index contributed by atoms with van der Waals surface area (Å²) in [5, 5.41) is 23.2. The number of rotatable bonds is 6. The zero-order valence-corrected chi connectivity index (χ0v) is 15.6. The molecule has 0 aliphatic carbocycles. The van der Waals surface area contributed by atoms with Gasteiger partial charge in [0, 0.05) is 5.56 Å². The topological polar surface area (TPSA) is 105 Å². The standard InChI is InChI=1S/C21H21NO6/c1-3-27-14-8-5-12(6-9-14)19(24)17-18(22-21(26)20(17)25)13-7-10-15(23)16(11-13)28-4-2/h5-11,18,23-24H,3-4H2,1-2H3,(H,22,26)/t18-/m1/s1. The molecule has 0 bridgehead atoms. The van der Waals surface area contributed by atoms with Crippen molar-refractivity contribution in [2.75, 3.05) is 13.2 Å². The molecule has 0 spiro atoms. The third-order valence-electron chi connectivity index (χ3n) is 4.33. The van der Waals surface area contributed by atoms with Gasteiger partial charge in [-0.2, -0.15) is 0 Å². The van der Waals surface area contributed by atoms with Crippen molar-refractivity contribution >= 4 is 17.4 Å². The SMILES string of the molecule is CCOc1ccc(C(O)=C2C(=O)C(=O)N[C@@H]2c2ccc(O)c(OCC)c2)cc1. The molecule has 0 aromatic heterocycles. The number of hydrogen-bond acceptors (Lipinski definition) is 6. The molecule has 28 heavy (non-hydrogen) atoms. The van der Waals surface area contributed by atoms with Gasteiger partial charge in [-0.3, -0.25) is 9.59 Å². The number of phenolic OH excluding ortho intramolecular Hbond substituents is 1. The molecule has 3 N–H and O–H groups in total. The maximum Gasteiger partial charge on any atom is 0.293 e. The van der Waals surface area contributed by atoms with E-state index in [1.807, 2.05) is 6.92 Å². The van der Waals surface area contributed by atoms with Crippen LogP contribution < -0.4 is 14.8 Å². The molecule has 1 atom stereocenters. The molecule has 1 aliphatic heterocycles. The Morgan fingerprint density at radius 3 is 2.36 bits per heavy atom. The van der Waals surface area contributed by atoms with E-state index in [0.717, 1.165) is 0 Å². The van der Waals surface area contributed by atoms with Crippen molar-refractivity contribution in [1.29, 1.82) is 0 Å². The zero-order valence-electron chi connectivity index (χ0n) is 15.6. The first kappa shape index (κ1) is 19.3. The molecule has 2 aromatic rings. The lowest BCUT2D eigenvalue weighted by Crippen LogP contribution is -2.21. The Labute approximate surface area is 162 Å². The van der Waals surface area contributed by atoms with Gasteiger partial charge in [0.2, 0.25) is 0 Å². The number of nitrogens with one attached hydrogen (secondary N) is 1. The number of ether oxygens (including phenoxy) is 2. The normalized spacial score (nSPS) is 18.0. The van der Waals surface area contributed by atoms with Crippen LogP contribution in [0.4, 0.5) is 0 Å². The first-order chi connectivity index (χ1) is 13.5. The molecule has 3 rings (SSSR count). The summed E-state index contributed by atoms with van der Waals surface area (Å²) in [4.78, 5) is 24.4. The van der Waals surface area contributed by atoms with E-state index in [0.29, 0.717) is 30.1 Å². The van der Waals surface area contributed by atoms with E-state index < -0.39 is 17.7 Å². The fourth-order valence-electron chi connectivity index (χ4n) is 3.03. The Balaban J connectivity index is 2.04. The number of aromatic hydroxyl groups is 1. The first-order valence-corrected chi connectivity index (χ1v) is 8.93. The highest BCUT2D eigenvalue weighted by molar-refractivity contribution is 6.46. The fraction of sp³-hybridized carbons (Fsp3) is 0.238. The number of benzene rings is 2. The fourth-order valence-corrected chi connectivity index (χ4v) is 3.03. The van der Waals surface area contributed by atoms with Gasteiger partial charge in [-0.15, -0.1) is 0 Å². The second kappa shape index (κ2) is 8.04. The Morgan fingerprint density at radius 2 is 1.71 bits per heavy atom. The summed E-state index contributed by atoms with van der Waals surface area (Å²) < 4.78 is 10.7. The molecular weight excluding hydrogens is 362 g/mol. The summed E-state index contributed by atoms with van der Waals surface area (Å²) in [6.07, 6.45) is 0. The van der Waals surface area contributed by atoms with Crippen molar-refractivity contribution in [3.05, 3.63) is 59.2 Å². The van der Waals surface area contributed by atoms with Crippen LogP contribution in [-0.4, -0.2) is 35.1 Å². The van der Waals surface area contributed by atoms with Crippen LogP contribution in [0, 0.1) is 0 Å². The van der Waals surface area contributed by atoms with Gasteiger partial charge in [0.1, 0.15) is 11.5 Å². The predicted molar refractivity (Wildman–Crippen MR) is 102 cm³/mol. The Kier molecular flexibility index (Phi) is 5.54. The van der Waals surface area contributed by atoms with Gasteiger partial charge in [0.25, 0.3) is 11.7 Å². The van der Waals surface area contributed by atoms with Gasteiger partial charge < -0.3 is 25.0 Å². The van der Waals surface area contributed by atoms with Crippen molar-refractivity contribution < 1.29 is 29.3 Å². The van der Waals surface area contributed by atoms with E-state index >= 15 is 0 Å². The predicted octanol–water partition coefficient (Wildman–Crippen LogP) is 2.90. The third-order valence-corrected chi connectivity index (χ3v) is 4.33. The average molecular weight is 383 g/mol. The molecule has 1 amide bonds. The van der Waals surface area contributed by atoms with Crippen molar-refractivity contribution in [2.24, 2.45) is 0 Å². The number of amides is 1. The number of carbonyl (C=O) groups excluding carboxylic acids is 2. The molecule has 0 saturated carbocycles. The summed E-state index contributed by atoms with van der Waals surface area (Å²) in [6.45, 7) is 4.48. The number of phenols is 1. The highest BCUT2D eigenvalue weighted by Gasteiger charge is 2.39. The highest BCUT2D eigenvalue weighted by Crippen LogP contribution is 2.37. The lowest BCUT2D eigenvalue weighted by molar-refractivity contribution is -0.133. The molecule has 1 saturated heterocycles. The number of hydrogen-bond donors (Lipinski definition) is 3. The minimum Gasteiger partial charge on any atom is -0.507 e. The second-order valence-electron chi connectivity index (χ2n) is 6.12. The smallest absolute Gasteiger partial charge is 0.293 e. The lowest BCUT2D eigenvalue weighted by Gasteiger charge is -2.16. The van der Waals surface area contributed by atoms with Crippen LogP contribution in [0.25, 0.3) is 5.76 Å². The number of ketones is 1. The Morgan fingerprint density at radius 1 is 1.04 bits per heavy atom. The molecule has 2 aromatic carbocycles. The molecule has 7 nitrogen and oxygen atoms in total. The molecule has 0 unspecified atom stereocenters. The van der Waals surface area contributed by atoms with Gasteiger partial charge in [0.15, 0.2) is 11.5 Å².